The van der Waals surface area contributed by atoms with Crippen molar-refractivity contribution in [3.8, 4) is 0 Å². The van der Waals surface area contributed by atoms with Crippen LogP contribution < -0.4 is 5.32 Å². The molecule has 3 nitrogen and oxygen atoms in total. The summed E-state index contributed by atoms with van der Waals surface area (Å²) in [6.07, 6.45) is 0.198. The summed E-state index contributed by atoms with van der Waals surface area (Å²) in [7, 11) is -1.63. The third-order valence-corrected chi connectivity index (χ3v) is 8.15. The van der Waals surface area contributed by atoms with Crippen LogP contribution in [0.4, 0.5) is 0 Å². The van der Waals surface area contributed by atoms with E-state index in [1.54, 1.807) is 0 Å². The number of hydrogen-bond donors (Lipinski definition) is 1. The van der Waals surface area contributed by atoms with Crippen molar-refractivity contribution >= 4 is 8.32 Å². The minimum Gasteiger partial charge on any atom is -0.414 e. The van der Waals surface area contributed by atoms with Crippen molar-refractivity contribution in [2.45, 2.75) is 64.6 Å². The zero-order valence-electron chi connectivity index (χ0n) is 11.8. The highest BCUT2D eigenvalue weighted by Crippen LogP contribution is 2.36. The Hall–Kier alpha value is 0.0969. The van der Waals surface area contributed by atoms with Crippen LogP contribution in [0.1, 0.15) is 34.6 Å². The number of hydrogen-bond acceptors (Lipinski definition) is 3. The normalized spacial score (nSPS) is 26.1. The quantitative estimate of drug-likeness (QED) is 0.776. The zero-order chi connectivity index (χ0) is 12.6. The lowest BCUT2D eigenvalue weighted by Gasteiger charge is -2.36. The predicted octanol–water partition coefficient (Wildman–Crippen LogP) is 2.73. The average molecular weight is 245 g/mol. The van der Waals surface area contributed by atoms with E-state index in [0.717, 1.165) is 6.54 Å². The molecule has 96 valence electrons. The van der Waals surface area contributed by atoms with Crippen molar-refractivity contribution in [1.29, 1.82) is 0 Å². The van der Waals surface area contributed by atoms with Crippen LogP contribution in [0.5, 0.6) is 0 Å². The van der Waals surface area contributed by atoms with E-state index >= 15 is 0 Å². The van der Waals surface area contributed by atoms with Crippen LogP contribution >= 0.6 is 0 Å². The largest absolute Gasteiger partial charge is 0.414 e. The lowest BCUT2D eigenvalue weighted by molar-refractivity contribution is -0.0402. The second kappa shape index (κ2) is 4.41. The van der Waals surface area contributed by atoms with Crippen LogP contribution in [-0.2, 0) is 9.16 Å². The molecule has 1 heterocycles. The summed E-state index contributed by atoms with van der Waals surface area (Å²) in [6.45, 7) is 17.1. The first-order valence-electron chi connectivity index (χ1n) is 6.10. The zero-order valence-corrected chi connectivity index (χ0v) is 12.8. The van der Waals surface area contributed by atoms with E-state index in [1.807, 2.05) is 0 Å². The monoisotopic (exact) mass is 245 g/mol. The second-order valence-electron chi connectivity index (χ2n) is 6.70. The lowest BCUT2D eigenvalue weighted by atomic mass is 10.2. The van der Waals surface area contributed by atoms with Gasteiger partial charge in [-0.2, -0.15) is 0 Å². The summed E-state index contributed by atoms with van der Waals surface area (Å²) >= 11 is 0. The summed E-state index contributed by atoms with van der Waals surface area (Å²) < 4.78 is 12.0. The second-order valence-corrected chi connectivity index (χ2v) is 11.5. The molecular formula is C12H27NO2Si. The maximum absolute atomic E-state index is 6.15. The molecule has 1 fully saturated rings. The lowest BCUT2D eigenvalue weighted by Crippen LogP contribution is -2.43. The van der Waals surface area contributed by atoms with Crippen molar-refractivity contribution in [2.75, 3.05) is 13.2 Å². The van der Waals surface area contributed by atoms with Gasteiger partial charge in [0.2, 0.25) is 0 Å². The summed E-state index contributed by atoms with van der Waals surface area (Å²) in [5.41, 5.74) is -0.193. The van der Waals surface area contributed by atoms with Crippen LogP contribution in [0.15, 0.2) is 0 Å². The number of nitrogens with one attached hydrogen (secondary N) is 1. The Morgan fingerprint density at radius 1 is 1.38 bits per heavy atom. The summed E-state index contributed by atoms with van der Waals surface area (Å²) in [6, 6.07) is 0. The molecule has 0 aliphatic carbocycles. The van der Waals surface area contributed by atoms with Gasteiger partial charge in [-0.25, -0.2) is 0 Å². The summed E-state index contributed by atoms with van der Waals surface area (Å²) in [5.74, 6) is 0. The standard InChI is InChI=1S/C12H27NO2Si/c1-11(2,3)16(6,7)14-9-10-8-13-12(4,5)15-10/h10,13H,8-9H2,1-7H3. The van der Waals surface area contributed by atoms with Gasteiger partial charge in [0.05, 0.1) is 12.7 Å². The van der Waals surface area contributed by atoms with Crippen LogP contribution in [0.2, 0.25) is 18.1 Å². The molecule has 1 unspecified atom stereocenters. The van der Waals surface area contributed by atoms with Gasteiger partial charge >= 0.3 is 0 Å². The average Bonchev–Trinajstić information content (AvgIpc) is 2.40. The molecule has 1 N–H and O–H groups in total. The van der Waals surface area contributed by atoms with Gasteiger partial charge < -0.3 is 9.16 Å². The van der Waals surface area contributed by atoms with Crippen LogP contribution in [0, 0.1) is 0 Å². The van der Waals surface area contributed by atoms with Crippen molar-refractivity contribution in [2.24, 2.45) is 0 Å². The summed E-state index contributed by atoms with van der Waals surface area (Å²) in [4.78, 5) is 0. The van der Waals surface area contributed by atoms with Crippen LogP contribution in [-0.4, -0.2) is 33.3 Å². The number of ether oxygens (including phenoxy) is 1. The highest BCUT2D eigenvalue weighted by Gasteiger charge is 2.39. The SMILES string of the molecule is CC1(C)NCC(CO[Si](C)(C)C(C)(C)C)O1. The third kappa shape index (κ3) is 3.55. The predicted molar refractivity (Wildman–Crippen MR) is 70.1 cm³/mol. The summed E-state index contributed by atoms with van der Waals surface area (Å²) in [5, 5.41) is 3.61. The van der Waals surface area contributed by atoms with Crippen molar-refractivity contribution < 1.29 is 9.16 Å². The highest BCUT2D eigenvalue weighted by molar-refractivity contribution is 6.74. The van der Waals surface area contributed by atoms with Gasteiger partial charge in [-0.1, -0.05) is 20.8 Å². The Kier molecular flexibility index (Phi) is 3.90. The minimum atomic E-state index is -1.63. The Bertz CT molecular complexity index is 246. The molecule has 0 saturated carbocycles. The molecule has 0 amide bonds. The van der Waals surface area contributed by atoms with E-state index in [9.17, 15) is 0 Å². The van der Waals surface area contributed by atoms with Crippen molar-refractivity contribution in [3.05, 3.63) is 0 Å². The van der Waals surface area contributed by atoms with E-state index in [4.69, 9.17) is 9.16 Å². The maximum atomic E-state index is 6.15. The molecule has 0 spiro atoms. The third-order valence-electron chi connectivity index (χ3n) is 3.65. The molecule has 0 radical (unpaired) electrons. The van der Waals surface area contributed by atoms with E-state index in [2.05, 4.69) is 53.0 Å². The van der Waals surface area contributed by atoms with Gasteiger partial charge in [0, 0.05) is 6.54 Å². The molecular weight excluding hydrogens is 218 g/mol. The van der Waals surface area contributed by atoms with E-state index in [1.165, 1.54) is 0 Å². The first-order chi connectivity index (χ1) is 7.04. The fraction of sp³-hybridized carbons (Fsp3) is 1.00. The topological polar surface area (TPSA) is 30.5 Å². The number of rotatable bonds is 3. The Labute approximate surface area is 101 Å². The molecule has 4 heteroatoms. The minimum absolute atomic E-state index is 0.193. The van der Waals surface area contributed by atoms with E-state index in [-0.39, 0.29) is 16.9 Å². The van der Waals surface area contributed by atoms with Crippen LogP contribution in [0.25, 0.3) is 0 Å². The van der Waals surface area contributed by atoms with E-state index in [0.29, 0.717) is 6.61 Å². The highest BCUT2D eigenvalue weighted by atomic mass is 28.4. The fourth-order valence-electron chi connectivity index (χ4n) is 1.47. The van der Waals surface area contributed by atoms with Gasteiger partial charge in [0.1, 0.15) is 5.72 Å². The van der Waals surface area contributed by atoms with Gasteiger partial charge in [-0.3, -0.25) is 5.32 Å². The van der Waals surface area contributed by atoms with E-state index < -0.39 is 8.32 Å². The van der Waals surface area contributed by atoms with Gasteiger partial charge in [0.15, 0.2) is 8.32 Å². The van der Waals surface area contributed by atoms with Crippen LogP contribution in [0.3, 0.4) is 0 Å². The van der Waals surface area contributed by atoms with Crippen molar-refractivity contribution in [3.63, 3.8) is 0 Å². The smallest absolute Gasteiger partial charge is 0.192 e. The van der Waals surface area contributed by atoms with Gasteiger partial charge in [-0.05, 0) is 32.0 Å². The molecule has 0 aromatic heterocycles. The van der Waals surface area contributed by atoms with Gasteiger partial charge in [-0.15, -0.1) is 0 Å². The molecule has 1 atom stereocenters. The Balaban J connectivity index is 2.42. The molecule has 1 aliphatic rings. The Morgan fingerprint density at radius 3 is 2.31 bits per heavy atom. The molecule has 1 rings (SSSR count). The molecule has 0 aromatic carbocycles. The van der Waals surface area contributed by atoms with Crippen molar-refractivity contribution in [1.82, 2.24) is 5.32 Å². The maximum Gasteiger partial charge on any atom is 0.192 e. The molecule has 1 aliphatic heterocycles. The molecule has 0 bridgehead atoms. The molecule has 16 heavy (non-hydrogen) atoms. The van der Waals surface area contributed by atoms with Gasteiger partial charge in [0.25, 0.3) is 0 Å². The first-order valence-corrected chi connectivity index (χ1v) is 9.01. The first kappa shape index (κ1) is 14.2. The molecule has 1 saturated heterocycles. The Morgan fingerprint density at radius 2 is 1.94 bits per heavy atom. The fourth-order valence-corrected chi connectivity index (χ4v) is 2.51. The molecule has 0 aromatic rings.